The molecule has 92 valence electrons. The van der Waals surface area contributed by atoms with Crippen LogP contribution in [0.3, 0.4) is 0 Å². The second kappa shape index (κ2) is 6.29. The lowest BCUT2D eigenvalue weighted by atomic mass is 10.4. The zero-order chi connectivity index (χ0) is 12.3. The number of hydrogen-bond donors (Lipinski definition) is 1. The van der Waals surface area contributed by atoms with Crippen molar-refractivity contribution in [1.82, 2.24) is 10.3 Å². The first-order chi connectivity index (χ1) is 8.15. The number of rotatable bonds is 5. The van der Waals surface area contributed by atoms with Crippen molar-refractivity contribution in [2.75, 3.05) is 6.54 Å². The fourth-order valence-electron chi connectivity index (χ4n) is 1.40. The predicted molar refractivity (Wildman–Crippen MR) is 79.3 cm³/mol. The molecule has 0 spiro atoms. The molecular formula is C11H12BrClN2S2. The molecular weight excluding hydrogens is 340 g/mol. The van der Waals surface area contributed by atoms with Crippen LogP contribution in [0.4, 0.5) is 0 Å². The number of hydrogen-bond acceptors (Lipinski definition) is 4. The summed E-state index contributed by atoms with van der Waals surface area (Å²) >= 11 is 12.7. The van der Waals surface area contributed by atoms with Crippen molar-refractivity contribution in [2.24, 2.45) is 0 Å². The first-order valence-corrected chi connectivity index (χ1v) is 8.07. The number of aromatic nitrogens is 1. The highest BCUT2D eigenvalue weighted by Gasteiger charge is 2.04. The minimum Gasteiger partial charge on any atom is -0.311 e. The number of nitrogens with zero attached hydrogens (tertiary/aromatic N) is 1. The molecule has 2 aromatic rings. The Kier molecular flexibility index (Phi) is 4.99. The lowest BCUT2D eigenvalue weighted by Crippen LogP contribution is -2.15. The van der Waals surface area contributed by atoms with Crippen LogP contribution in [-0.2, 0) is 13.0 Å². The molecule has 17 heavy (non-hydrogen) atoms. The van der Waals surface area contributed by atoms with E-state index in [1.54, 1.807) is 22.7 Å². The normalized spacial score (nSPS) is 11.0. The molecule has 1 N–H and O–H groups in total. The maximum atomic E-state index is 5.98. The monoisotopic (exact) mass is 350 g/mol. The Labute approximate surface area is 122 Å². The number of nitrogens with one attached hydrogen (secondary N) is 1. The van der Waals surface area contributed by atoms with Crippen LogP contribution in [0, 0.1) is 6.92 Å². The highest BCUT2D eigenvalue weighted by atomic mass is 79.9. The van der Waals surface area contributed by atoms with Crippen LogP contribution in [0.25, 0.3) is 0 Å². The van der Waals surface area contributed by atoms with Gasteiger partial charge in [0.2, 0.25) is 0 Å². The first-order valence-electron chi connectivity index (χ1n) is 5.20. The van der Waals surface area contributed by atoms with Crippen molar-refractivity contribution >= 4 is 50.2 Å². The van der Waals surface area contributed by atoms with Crippen molar-refractivity contribution in [3.05, 3.63) is 35.8 Å². The Bertz CT molecular complexity index is 476. The van der Waals surface area contributed by atoms with E-state index in [-0.39, 0.29) is 0 Å². The average molecular weight is 352 g/mol. The summed E-state index contributed by atoms with van der Waals surface area (Å²) in [5.74, 6) is 0. The molecule has 0 atom stereocenters. The third-order valence-electron chi connectivity index (χ3n) is 2.18. The topological polar surface area (TPSA) is 24.9 Å². The summed E-state index contributed by atoms with van der Waals surface area (Å²) in [7, 11) is 0. The molecule has 0 aliphatic heterocycles. The van der Waals surface area contributed by atoms with Gasteiger partial charge in [0.05, 0.1) is 5.01 Å². The molecule has 0 aromatic carbocycles. The molecule has 0 bridgehead atoms. The summed E-state index contributed by atoms with van der Waals surface area (Å²) in [5, 5.41) is 6.68. The predicted octanol–water partition coefficient (Wildman–Crippen LogP) is 4.26. The molecule has 0 saturated heterocycles. The summed E-state index contributed by atoms with van der Waals surface area (Å²) in [6.45, 7) is 3.83. The average Bonchev–Trinajstić information content (AvgIpc) is 2.82. The third-order valence-corrected chi connectivity index (χ3v) is 5.68. The van der Waals surface area contributed by atoms with Crippen LogP contribution in [0.1, 0.15) is 15.6 Å². The molecule has 6 heteroatoms. The Balaban J connectivity index is 1.73. The molecule has 2 heterocycles. The van der Waals surface area contributed by atoms with Crippen LogP contribution in [0.5, 0.6) is 0 Å². The molecule has 2 rings (SSSR count). The summed E-state index contributed by atoms with van der Waals surface area (Å²) in [5.41, 5.74) is 1.11. The lowest BCUT2D eigenvalue weighted by Gasteiger charge is -2.00. The summed E-state index contributed by atoms with van der Waals surface area (Å²) in [4.78, 5) is 5.67. The van der Waals surface area contributed by atoms with Gasteiger partial charge in [-0.1, -0.05) is 11.6 Å². The van der Waals surface area contributed by atoms with E-state index in [2.05, 4.69) is 37.7 Å². The highest BCUT2D eigenvalue weighted by Crippen LogP contribution is 2.31. The molecule has 2 aromatic heterocycles. The van der Waals surface area contributed by atoms with Crippen LogP contribution < -0.4 is 5.32 Å². The fraction of sp³-hybridized carbons (Fsp3) is 0.364. The van der Waals surface area contributed by atoms with Crippen molar-refractivity contribution in [3.63, 3.8) is 0 Å². The highest BCUT2D eigenvalue weighted by molar-refractivity contribution is 9.10. The Morgan fingerprint density at radius 1 is 1.53 bits per heavy atom. The van der Waals surface area contributed by atoms with Gasteiger partial charge >= 0.3 is 0 Å². The van der Waals surface area contributed by atoms with Crippen LogP contribution in [0.2, 0.25) is 4.34 Å². The van der Waals surface area contributed by atoms with Crippen LogP contribution >= 0.6 is 50.2 Å². The van der Waals surface area contributed by atoms with E-state index in [9.17, 15) is 0 Å². The maximum absolute atomic E-state index is 5.98. The maximum Gasteiger partial charge on any atom is 0.107 e. The van der Waals surface area contributed by atoms with E-state index in [0.29, 0.717) is 0 Å². The van der Waals surface area contributed by atoms with Crippen molar-refractivity contribution in [1.29, 1.82) is 0 Å². The minimum atomic E-state index is 0.817. The molecule has 2 nitrogen and oxygen atoms in total. The van der Waals surface area contributed by atoms with Gasteiger partial charge in [0.15, 0.2) is 0 Å². The molecule has 0 saturated carbocycles. The van der Waals surface area contributed by atoms with Gasteiger partial charge in [0, 0.05) is 39.9 Å². The van der Waals surface area contributed by atoms with Gasteiger partial charge in [-0.25, -0.2) is 4.98 Å². The van der Waals surface area contributed by atoms with Gasteiger partial charge in [-0.2, -0.15) is 0 Å². The van der Waals surface area contributed by atoms with E-state index >= 15 is 0 Å². The standard InChI is InChI=1S/C11H12BrClN2S2/c1-7-6-16-10(15-7)2-3-14-5-8-4-9(12)11(13)17-8/h4,6,14H,2-3,5H2,1H3. The van der Waals surface area contributed by atoms with Gasteiger partial charge in [0.1, 0.15) is 4.34 Å². The number of halogens is 2. The summed E-state index contributed by atoms with van der Waals surface area (Å²) in [6.07, 6.45) is 0.985. The number of thiazole rings is 1. The van der Waals surface area contributed by atoms with E-state index in [4.69, 9.17) is 11.6 Å². The van der Waals surface area contributed by atoms with Gasteiger partial charge < -0.3 is 5.32 Å². The zero-order valence-electron chi connectivity index (χ0n) is 9.30. The van der Waals surface area contributed by atoms with Crippen molar-refractivity contribution in [2.45, 2.75) is 19.9 Å². The quantitative estimate of drug-likeness (QED) is 0.814. The smallest absolute Gasteiger partial charge is 0.107 e. The zero-order valence-corrected chi connectivity index (χ0v) is 13.3. The largest absolute Gasteiger partial charge is 0.311 e. The fourth-order valence-corrected chi connectivity index (χ4v) is 3.94. The molecule has 0 aliphatic carbocycles. The van der Waals surface area contributed by atoms with Gasteiger partial charge in [-0.05, 0) is 28.9 Å². The van der Waals surface area contributed by atoms with Gasteiger partial charge in [-0.3, -0.25) is 0 Å². The molecule has 0 aliphatic rings. The first kappa shape index (κ1) is 13.5. The van der Waals surface area contributed by atoms with Gasteiger partial charge in [0.25, 0.3) is 0 Å². The van der Waals surface area contributed by atoms with E-state index in [0.717, 1.165) is 34.0 Å². The summed E-state index contributed by atoms with van der Waals surface area (Å²) < 4.78 is 1.80. The second-order valence-corrected chi connectivity index (χ2v) is 7.18. The van der Waals surface area contributed by atoms with Crippen molar-refractivity contribution in [3.8, 4) is 0 Å². The Hall–Kier alpha value is 0.0600. The number of aryl methyl sites for hydroxylation is 1. The SMILES string of the molecule is Cc1csc(CCNCc2cc(Br)c(Cl)s2)n1. The number of thiophene rings is 1. The Morgan fingerprint density at radius 3 is 2.94 bits per heavy atom. The second-order valence-electron chi connectivity index (χ2n) is 3.64. The lowest BCUT2D eigenvalue weighted by molar-refractivity contribution is 0.691. The van der Waals surface area contributed by atoms with Crippen molar-refractivity contribution < 1.29 is 0 Å². The van der Waals surface area contributed by atoms with Crippen LogP contribution in [-0.4, -0.2) is 11.5 Å². The molecule has 0 fully saturated rings. The minimum absolute atomic E-state index is 0.817. The third kappa shape index (κ3) is 4.03. The van der Waals surface area contributed by atoms with E-state index in [1.165, 1.54) is 9.88 Å². The van der Waals surface area contributed by atoms with Crippen LogP contribution in [0.15, 0.2) is 15.9 Å². The molecule has 0 amide bonds. The molecule has 0 radical (unpaired) electrons. The van der Waals surface area contributed by atoms with E-state index < -0.39 is 0 Å². The van der Waals surface area contributed by atoms with E-state index in [1.807, 2.05) is 6.92 Å². The summed E-state index contributed by atoms with van der Waals surface area (Å²) in [6, 6.07) is 2.06. The van der Waals surface area contributed by atoms with Gasteiger partial charge in [-0.15, -0.1) is 22.7 Å². The Morgan fingerprint density at radius 2 is 2.35 bits per heavy atom. The molecule has 0 unspecified atom stereocenters.